The largest absolute Gasteiger partial charge is 0.370 e. The first-order valence-electron chi connectivity index (χ1n) is 8.71. The zero-order valence-electron chi connectivity index (χ0n) is 15.0. The highest BCUT2D eigenvalue weighted by atomic mass is 32.2. The number of carbonyl (C=O) groups excluding carboxylic acids is 2. The molecule has 0 bridgehead atoms. The van der Waals surface area contributed by atoms with E-state index in [-0.39, 0.29) is 23.4 Å². The number of pyridine rings is 1. The molecule has 5 nitrogen and oxygen atoms in total. The minimum absolute atomic E-state index is 0.135. The maximum absolute atomic E-state index is 11.8. The lowest BCUT2D eigenvalue weighted by molar-refractivity contribution is -0.125. The number of fused-ring (bicyclic) bond motifs is 1. The molecule has 4 rings (SSSR count). The predicted molar refractivity (Wildman–Crippen MR) is 109 cm³/mol. The van der Waals surface area contributed by atoms with E-state index in [2.05, 4.69) is 41.2 Å². The van der Waals surface area contributed by atoms with Crippen LogP contribution in [0.5, 0.6) is 0 Å². The molecule has 1 aliphatic heterocycles. The number of aromatic nitrogens is 1. The summed E-state index contributed by atoms with van der Waals surface area (Å²) < 4.78 is 0. The smallest absolute Gasteiger partial charge is 0.289 e. The molecule has 0 saturated carbocycles. The van der Waals surface area contributed by atoms with Crippen LogP contribution in [0, 0.1) is 0 Å². The van der Waals surface area contributed by atoms with Gasteiger partial charge in [0.05, 0.1) is 17.8 Å². The SMILES string of the molecule is CN(Cc1ccc2cc(CN3C(=O)CSC3=O)cnc2c1)c1ccccc1. The van der Waals surface area contributed by atoms with Gasteiger partial charge in [0.1, 0.15) is 0 Å². The van der Waals surface area contributed by atoms with Crippen molar-refractivity contribution in [3.63, 3.8) is 0 Å². The maximum Gasteiger partial charge on any atom is 0.289 e. The average Bonchev–Trinajstić information content (AvgIpc) is 3.00. The molecule has 1 fully saturated rings. The number of carbonyl (C=O) groups is 2. The molecule has 0 spiro atoms. The van der Waals surface area contributed by atoms with Crippen molar-refractivity contribution in [3.8, 4) is 0 Å². The molecule has 1 aromatic heterocycles. The molecule has 1 aliphatic rings. The summed E-state index contributed by atoms with van der Waals surface area (Å²) in [4.78, 5) is 31.6. The highest BCUT2D eigenvalue weighted by Crippen LogP contribution is 2.23. The lowest BCUT2D eigenvalue weighted by Gasteiger charge is -2.19. The number of benzene rings is 2. The van der Waals surface area contributed by atoms with Crippen LogP contribution in [0.2, 0.25) is 0 Å². The van der Waals surface area contributed by atoms with Crippen LogP contribution in [0.1, 0.15) is 11.1 Å². The summed E-state index contributed by atoms with van der Waals surface area (Å²) in [5.74, 6) is 0.0994. The molecule has 2 heterocycles. The molecular weight excluding hydrogens is 358 g/mol. The van der Waals surface area contributed by atoms with Crippen molar-refractivity contribution in [2.45, 2.75) is 13.1 Å². The normalized spacial score (nSPS) is 14.2. The third-order valence-corrected chi connectivity index (χ3v) is 5.46. The fraction of sp³-hybridized carbons (Fsp3) is 0.190. The Balaban J connectivity index is 1.52. The standard InChI is InChI=1S/C21H19N3O2S/c1-23(18-5-3-2-4-6-18)12-15-7-8-17-9-16(11-22-19(17)10-15)13-24-20(25)14-27-21(24)26/h2-11H,12-14H2,1H3. The maximum atomic E-state index is 11.8. The molecule has 136 valence electrons. The van der Waals surface area contributed by atoms with Crippen molar-refractivity contribution < 1.29 is 9.59 Å². The van der Waals surface area contributed by atoms with E-state index in [1.54, 1.807) is 6.20 Å². The summed E-state index contributed by atoms with van der Waals surface area (Å²) in [6, 6.07) is 18.5. The van der Waals surface area contributed by atoms with E-state index in [1.165, 1.54) is 16.2 Å². The van der Waals surface area contributed by atoms with E-state index in [9.17, 15) is 9.59 Å². The molecule has 3 aromatic rings. The minimum atomic E-state index is -0.181. The van der Waals surface area contributed by atoms with Crippen molar-refractivity contribution in [2.75, 3.05) is 17.7 Å². The van der Waals surface area contributed by atoms with Crippen LogP contribution in [0.25, 0.3) is 10.9 Å². The number of nitrogens with zero attached hydrogens (tertiary/aromatic N) is 3. The van der Waals surface area contributed by atoms with Gasteiger partial charge in [-0.1, -0.05) is 42.1 Å². The second kappa shape index (κ2) is 7.40. The summed E-state index contributed by atoms with van der Waals surface area (Å²) in [6.45, 7) is 1.07. The molecule has 0 unspecified atom stereocenters. The summed E-state index contributed by atoms with van der Waals surface area (Å²) in [5, 5.41) is 0.824. The highest BCUT2D eigenvalue weighted by Gasteiger charge is 2.29. The van der Waals surface area contributed by atoms with Crippen molar-refractivity contribution in [1.29, 1.82) is 0 Å². The lowest BCUT2D eigenvalue weighted by atomic mass is 10.1. The number of hydrogen-bond acceptors (Lipinski definition) is 5. The number of anilines is 1. The zero-order valence-corrected chi connectivity index (χ0v) is 15.8. The van der Waals surface area contributed by atoms with Gasteiger partial charge < -0.3 is 4.90 Å². The average molecular weight is 377 g/mol. The fourth-order valence-electron chi connectivity index (χ4n) is 3.16. The third-order valence-electron chi connectivity index (χ3n) is 4.60. The van der Waals surface area contributed by atoms with E-state index in [1.807, 2.05) is 30.3 Å². The Morgan fingerprint density at radius 3 is 2.63 bits per heavy atom. The van der Waals surface area contributed by atoms with Gasteiger partial charge in [0.2, 0.25) is 5.91 Å². The lowest BCUT2D eigenvalue weighted by Crippen LogP contribution is -2.27. The summed E-state index contributed by atoms with van der Waals surface area (Å²) in [7, 11) is 2.07. The van der Waals surface area contributed by atoms with Crippen LogP contribution in [-0.2, 0) is 17.9 Å². The molecule has 1 saturated heterocycles. The summed E-state index contributed by atoms with van der Waals surface area (Å²) >= 11 is 1.05. The van der Waals surface area contributed by atoms with Gasteiger partial charge in [0.25, 0.3) is 5.24 Å². The van der Waals surface area contributed by atoms with Crippen LogP contribution >= 0.6 is 11.8 Å². The molecule has 0 radical (unpaired) electrons. The molecule has 0 atom stereocenters. The Morgan fingerprint density at radius 1 is 1.07 bits per heavy atom. The minimum Gasteiger partial charge on any atom is -0.370 e. The molecule has 0 aliphatic carbocycles. The fourth-order valence-corrected chi connectivity index (χ4v) is 3.89. The van der Waals surface area contributed by atoms with Gasteiger partial charge in [0.15, 0.2) is 0 Å². The third kappa shape index (κ3) is 3.80. The second-order valence-electron chi connectivity index (χ2n) is 6.60. The van der Waals surface area contributed by atoms with Gasteiger partial charge in [-0.25, -0.2) is 0 Å². The number of thioether (sulfide) groups is 1. The number of imide groups is 1. The molecule has 27 heavy (non-hydrogen) atoms. The van der Waals surface area contributed by atoms with Crippen LogP contribution < -0.4 is 4.90 Å². The van der Waals surface area contributed by atoms with Crippen molar-refractivity contribution in [2.24, 2.45) is 0 Å². The quantitative estimate of drug-likeness (QED) is 0.671. The first kappa shape index (κ1) is 17.5. The second-order valence-corrected chi connectivity index (χ2v) is 7.52. The molecule has 6 heteroatoms. The Kier molecular flexibility index (Phi) is 4.81. The molecule has 2 amide bonds. The van der Waals surface area contributed by atoms with Gasteiger partial charge in [0, 0.05) is 30.9 Å². The van der Waals surface area contributed by atoms with Crippen LogP contribution in [0.4, 0.5) is 10.5 Å². The first-order valence-corrected chi connectivity index (χ1v) is 9.69. The van der Waals surface area contributed by atoms with Crippen molar-refractivity contribution >= 4 is 39.5 Å². The van der Waals surface area contributed by atoms with Crippen LogP contribution in [-0.4, -0.2) is 33.8 Å². The number of amides is 2. The van der Waals surface area contributed by atoms with Gasteiger partial charge in [-0.05, 0) is 35.4 Å². The van der Waals surface area contributed by atoms with Gasteiger partial charge in [-0.3, -0.25) is 19.5 Å². The van der Waals surface area contributed by atoms with E-state index in [0.29, 0.717) is 0 Å². The Labute approximate surface area is 162 Å². The van der Waals surface area contributed by atoms with Crippen molar-refractivity contribution in [3.05, 3.63) is 71.9 Å². The highest BCUT2D eigenvalue weighted by molar-refractivity contribution is 8.14. The van der Waals surface area contributed by atoms with Crippen LogP contribution in [0.15, 0.2) is 60.8 Å². The number of hydrogen-bond donors (Lipinski definition) is 0. The molecular formula is C21H19N3O2S. The van der Waals surface area contributed by atoms with E-state index >= 15 is 0 Å². The van der Waals surface area contributed by atoms with Gasteiger partial charge in [-0.2, -0.15) is 0 Å². The monoisotopic (exact) mass is 377 g/mol. The van der Waals surface area contributed by atoms with Crippen molar-refractivity contribution in [1.82, 2.24) is 9.88 Å². The number of para-hydroxylation sites is 1. The Morgan fingerprint density at radius 2 is 1.89 bits per heavy atom. The van der Waals surface area contributed by atoms with Gasteiger partial charge in [-0.15, -0.1) is 0 Å². The molecule has 0 N–H and O–H groups in total. The van der Waals surface area contributed by atoms with Crippen LogP contribution in [0.3, 0.4) is 0 Å². The zero-order chi connectivity index (χ0) is 18.8. The first-order chi connectivity index (χ1) is 13.1. The van der Waals surface area contributed by atoms with E-state index in [0.717, 1.165) is 34.8 Å². The number of rotatable bonds is 5. The molecule has 2 aromatic carbocycles. The van der Waals surface area contributed by atoms with E-state index in [4.69, 9.17) is 0 Å². The van der Waals surface area contributed by atoms with E-state index < -0.39 is 0 Å². The topological polar surface area (TPSA) is 53.5 Å². The summed E-state index contributed by atoms with van der Waals surface area (Å²) in [5.41, 5.74) is 4.11. The summed E-state index contributed by atoms with van der Waals surface area (Å²) in [6.07, 6.45) is 1.75. The Bertz CT molecular complexity index is 991. The predicted octanol–water partition coefficient (Wildman–Crippen LogP) is 4.07. The van der Waals surface area contributed by atoms with Gasteiger partial charge >= 0.3 is 0 Å². The Hall–Kier alpha value is -2.86.